The Morgan fingerprint density at radius 1 is 1.17 bits per heavy atom. The molecule has 0 aliphatic carbocycles. The monoisotopic (exact) mass is 250 g/mol. The number of hydrogen-bond donors (Lipinski definition) is 2. The number of nitrogens with one attached hydrogen (secondary N) is 2. The molecule has 1 amide bonds. The molecule has 4 nitrogen and oxygen atoms in total. The summed E-state index contributed by atoms with van der Waals surface area (Å²) in [5.74, 6) is 0.876. The number of rotatable bonds is 8. The third-order valence-electron chi connectivity index (χ3n) is 2.35. The summed E-state index contributed by atoms with van der Waals surface area (Å²) in [6.07, 6.45) is 1.95. The van der Waals surface area contributed by atoms with Crippen LogP contribution in [0, 0.1) is 0 Å². The minimum Gasteiger partial charge on any atom is -0.494 e. The average molecular weight is 250 g/mol. The minimum atomic E-state index is 0.0168. The van der Waals surface area contributed by atoms with Crippen LogP contribution in [0.2, 0.25) is 0 Å². The first-order valence-corrected chi connectivity index (χ1v) is 6.49. The number of benzene rings is 1. The Balaban J connectivity index is 2.32. The first-order valence-electron chi connectivity index (χ1n) is 6.49. The van der Waals surface area contributed by atoms with Crippen molar-refractivity contribution in [2.45, 2.75) is 26.7 Å². The molecule has 0 atom stereocenters. The summed E-state index contributed by atoms with van der Waals surface area (Å²) in [5, 5.41) is 5.88. The molecule has 0 fully saturated rings. The molecule has 0 saturated heterocycles. The van der Waals surface area contributed by atoms with Crippen molar-refractivity contribution in [3.05, 3.63) is 24.3 Å². The van der Waals surface area contributed by atoms with Gasteiger partial charge in [0.25, 0.3) is 0 Å². The summed E-state index contributed by atoms with van der Waals surface area (Å²) < 4.78 is 5.48. The Bertz CT molecular complexity index is 349. The molecule has 0 bridgehead atoms. The minimum absolute atomic E-state index is 0.0168. The molecule has 4 heteroatoms. The van der Waals surface area contributed by atoms with Gasteiger partial charge in [0, 0.05) is 12.2 Å². The van der Waals surface area contributed by atoms with Gasteiger partial charge in [-0.3, -0.25) is 4.79 Å². The van der Waals surface area contributed by atoms with Gasteiger partial charge in [0.15, 0.2) is 0 Å². The third-order valence-corrected chi connectivity index (χ3v) is 2.35. The van der Waals surface area contributed by atoms with Crippen molar-refractivity contribution < 1.29 is 9.53 Å². The van der Waals surface area contributed by atoms with Crippen LogP contribution in [-0.4, -0.2) is 25.6 Å². The molecule has 0 aromatic heterocycles. The fraction of sp³-hybridized carbons (Fsp3) is 0.500. The van der Waals surface area contributed by atoms with Gasteiger partial charge in [-0.05, 0) is 37.1 Å². The first-order chi connectivity index (χ1) is 8.76. The molecule has 0 unspecified atom stereocenters. The zero-order valence-electron chi connectivity index (χ0n) is 11.2. The number of anilines is 1. The Morgan fingerprint density at radius 2 is 1.89 bits per heavy atom. The van der Waals surface area contributed by atoms with E-state index < -0.39 is 0 Å². The highest BCUT2D eigenvalue weighted by Gasteiger charge is 2.00. The lowest BCUT2D eigenvalue weighted by Gasteiger charge is -2.08. The average Bonchev–Trinajstić information content (AvgIpc) is 2.41. The van der Waals surface area contributed by atoms with E-state index in [1.165, 1.54) is 0 Å². The van der Waals surface area contributed by atoms with Crippen LogP contribution in [0.25, 0.3) is 0 Å². The van der Waals surface area contributed by atoms with E-state index in [-0.39, 0.29) is 5.91 Å². The van der Waals surface area contributed by atoms with Crippen LogP contribution >= 0.6 is 0 Å². The summed E-state index contributed by atoms with van der Waals surface area (Å²) in [5.41, 5.74) is 0.922. The lowest BCUT2D eigenvalue weighted by atomic mass is 10.3. The second kappa shape index (κ2) is 8.39. The summed E-state index contributed by atoms with van der Waals surface area (Å²) >= 11 is 0. The van der Waals surface area contributed by atoms with E-state index in [9.17, 15) is 4.79 Å². The second-order valence-electron chi connectivity index (χ2n) is 4.08. The van der Waals surface area contributed by atoms with Gasteiger partial charge in [0.05, 0.1) is 13.2 Å². The molecule has 0 aliphatic rings. The Kier molecular flexibility index (Phi) is 6.69. The van der Waals surface area contributed by atoms with E-state index in [1.807, 2.05) is 31.2 Å². The highest BCUT2D eigenvalue weighted by Crippen LogP contribution is 2.15. The summed E-state index contributed by atoms with van der Waals surface area (Å²) in [7, 11) is 0. The van der Waals surface area contributed by atoms with E-state index in [2.05, 4.69) is 17.6 Å². The highest BCUT2D eigenvalue weighted by molar-refractivity contribution is 5.80. The van der Waals surface area contributed by atoms with E-state index in [0.29, 0.717) is 6.54 Å². The molecule has 2 N–H and O–H groups in total. The molecule has 0 heterocycles. The normalized spacial score (nSPS) is 9.89. The number of carbonyl (C=O) groups is 1. The molecule has 100 valence electrons. The maximum Gasteiger partial charge on any atom is 0.239 e. The van der Waals surface area contributed by atoms with Gasteiger partial charge >= 0.3 is 0 Å². The molecule has 0 saturated carbocycles. The maximum atomic E-state index is 11.4. The lowest BCUT2D eigenvalue weighted by molar-refractivity contribution is -0.119. The molecule has 18 heavy (non-hydrogen) atoms. The predicted octanol–water partition coefficient (Wildman–Crippen LogP) is 2.41. The van der Waals surface area contributed by atoms with Gasteiger partial charge in [-0.2, -0.15) is 0 Å². The maximum absolute atomic E-state index is 11.4. The number of ether oxygens (including phenoxy) is 1. The lowest BCUT2D eigenvalue weighted by Crippen LogP contribution is -2.30. The molecule has 1 rings (SSSR count). The number of hydrogen-bond acceptors (Lipinski definition) is 3. The van der Waals surface area contributed by atoms with Crippen molar-refractivity contribution in [3.8, 4) is 5.75 Å². The first kappa shape index (κ1) is 14.4. The van der Waals surface area contributed by atoms with Gasteiger partial charge in [0.2, 0.25) is 5.91 Å². The van der Waals surface area contributed by atoms with Crippen molar-refractivity contribution in [3.63, 3.8) is 0 Å². The van der Waals surface area contributed by atoms with Crippen molar-refractivity contribution in [1.82, 2.24) is 5.32 Å². The Labute approximate surface area is 109 Å². The largest absolute Gasteiger partial charge is 0.494 e. The number of carbonyl (C=O) groups excluding carboxylic acids is 1. The van der Waals surface area contributed by atoms with Crippen LogP contribution in [0.3, 0.4) is 0 Å². The van der Waals surface area contributed by atoms with Crippen molar-refractivity contribution in [1.29, 1.82) is 0 Å². The Hall–Kier alpha value is -1.71. The van der Waals surface area contributed by atoms with Crippen LogP contribution in [-0.2, 0) is 4.79 Å². The van der Waals surface area contributed by atoms with E-state index in [1.54, 1.807) is 0 Å². The Morgan fingerprint density at radius 3 is 2.50 bits per heavy atom. The van der Waals surface area contributed by atoms with E-state index in [0.717, 1.165) is 37.4 Å². The molecular weight excluding hydrogens is 228 g/mol. The summed E-state index contributed by atoms with van der Waals surface area (Å²) in [6, 6.07) is 7.64. The molecular formula is C14H22N2O2. The molecule has 0 spiro atoms. The quantitative estimate of drug-likeness (QED) is 0.745. The fourth-order valence-corrected chi connectivity index (χ4v) is 1.40. The highest BCUT2D eigenvalue weighted by atomic mass is 16.5. The van der Waals surface area contributed by atoms with Crippen LogP contribution < -0.4 is 15.4 Å². The summed E-state index contributed by atoms with van der Waals surface area (Å²) in [6.45, 7) is 5.86. The van der Waals surface area contributed by atoms with Gasteiger partial charge in [-0.1, -0.05) is 13.8 Å². The van der Waals surface area contributed by atoms with Crippen LogP contribution in [0.1, 0.15) is 26.7 Å². The van der Waals surface area contributed by atoms with Crippen molar-refractivity contribution in [2.75, 3.05) is 25.0 Å². The summed E-state index contributed by atoms with van der Waals surface area (Å²) in [4.78, 5) is 11.4. The molecule has 0 aliphatic heterocycles. The number of amides is 1. The van der Waals surface area contributed by atoms with Gasteiger partial charge in [-0.15, -0.1) is 0 Å². The fourth-order valence-electron chi connectivity index (χ4n) is 1.40. The standard InChI is InChI=1S/C14H22N2O2/c1-3-9-15-14(17)11-16-12-5-7-13(8-6-12)18-10-4-2/h5-8,16H,3-4,9-11H2,1-2H3,(H,15,17). The van der Waals surface area contributed by atoms with Gasteiger partial charge in [-0.25, -0.2) is 0 Å². The smallest absolute Gasteiger partial charge is 0.239 e. The molecule has 1 aromatic rings. The van der Waals surface area contributed by atoms with E-state index >= 15 is 0 Å². The van der Waals surface area contributed by atoms with Gasteiger partial charge < -0.3 is 15.4 Å². The predicted molar refractivity (Wildman–Crippen MR) is 74.0 cm³/mol. The van der Waals surface area contributed by atoms with Crippen molar-refractivity contribution >= 4 is 11.6 Å². The zero-order valence-corrected chi connectivity index (χ0v) is 11.2. The zero-order chi connectivity index (χ0) is 13.2. The van der Waals surface area contributed by atoms with Crippen LogP contribution in [0.5, 0.6) is 5.75 Å². The second-order valence-corrected chi connectivity index (χ2v) is 4.08. The van der Waals surface area contributed by atoms with Crippen LogP contribution in [0.15, 0.2) is 24.3 Å². The van der Waals surface area contributed by atoms with Crippen LogP contribution in [0.4, 0.5) is 5.69 Å². The van der Waals surface area contributed by atoms with E-state index in [4.69, 9.17) is 4.74 Å². The molecule has 1 aromatic carbocycles. The van der Waals surface area contributed by atoms with Crippen molar-refractivity contribution in [2.24, 2.45) is 0 Å². The SMILES string of the molecule is CCCNC(=O)CNc1ccc(OCCC)cc1. The topological polar surface area (TPSA) is 50.4 Å². The third kappa shape index (κ3) is 5.57. The van der Waals surface area contributed by atoms with Gasteiger partial charge in [0.1, 0.15) is 5.75 Å². The molecule has 0 radical (unpaired) electrons.